The molecule has 0 saturated heterocycles. The number of hydrogen-bond acceptors (Lipinski definition) is 1. The van der Waals surface area contributed by atoms with Gasteiger partial charge in [0.2, 0.25) is 0 Å². The molecule has 1 aliphatic rings. The molecule has 0 aromatic heterocycles. The highest BCUT2D eigenvalue weighted by molar-refractivity contribution is 5.50. The van der Waals surface area contributed by atoms with Gasteiger partial charge in [-0.15, -0.1) is 0 Å². The molecule has 0 fully saturated rings. The molecule has 0 aliphatic heterocycles. The van der Waals surface area contributed by atoms with Crippen molar-refractivity contribution in [3.8, 4) is 0 Å². The van der Waals surface area contributed by atoms with Crippen molar-refractivity contribution in [2.45, 2.75) is 27.7 Å². The van der Waals surface area contributed by atoms with Gasteiger partial charge in [0.15, 0.2) is 0 Å². The lowest BCUT2D eigenvalue weighted by Gasteiger charge is -2.14. The summed E-state index contributed by atoms with van der Waals surface area (Å²) in [6.45, 7) is 9.98. The first-order chi connectivity index (χ1) is 8.11. The van der Waals surface area contributed by atoms with Crippen LogP contribution >= 0.6 is 0 Å². The molecule has 1 atom stereocenters. The highest BCUT2D eigenvalue weighted by Crippen LogP contribution is 2.36. The monoisotopic (exact) mass is 227 g/mol. The van der Waals surface area contributed by atoms with E-state index in [0.29, 0.717) is 5.92 Å². The summed E-state index contributed by atoms with van der Waals surface area (Å²) in [6.07, 6.45) is 0. The second-order valence-corrected chi connectivity index (χ2v) is 4.90. The molecule has 0 amide bonds. The molecule has 1 N–H and O–H groups in total. The molecule has 0 spiro atoms. The zero-order valence-corrected chi connectivity index (χ0v) is 11.2. The third kappa shape index (κ3) is 2.28. The second kappa shape index (κ2) is 4.79. The third-order valence-electron chi connectivity index (χ3n) is 4.06. The molecule has 0 radical (unpaired) electrons. The maximum absolute atomic E-state index is 3.50. The summed E-state index contributed by atoms with van der Waals surface area (Å²) in [6, 6.07) is 10.4. The lowest BCUT2D eigenvalue weighted by atomic mass is 9.98. The molecule has 90 valence electrons. The number of benzene rings is 1. The van der Waals surface area contributed by atoms with Gasteiger partial charge in [-0.3, -0.25) is 0 Å². The lowest BCUT2D eigenvalue weighted by molar-refractivity contribution is 0.798. The van der Waals surface area contributed by atoms with Crippen LogP contribution in [0.4, 0.5) is 5.69 Å². The van der Waals surface area contributed by atoms with Crippen molar-refractivity contribution in [1.29, 1.82) is 0 Å². The van der Waals surface area contributed by atoms with Crippen molar-refractivity contribution in [3.05, 3.63) is 52.6 Å². The topological polar surface area (TPSA) is 12.0 Å². The van der Waals surface area contributed by atoms with E-state index in [1.54, 1.807) is 0 Å². The Morgan fingerprint density at radius 1 is 1.00 bits per heavy atom. The van der Waals surface area contributed by atoms with Gasteiger partial charge in [-0.25, -0.2) is 0 Å². The molecule has 0 bridgehead atoms. The van der Waals surface area contributed by atoms with Crippen LogP contribution in [0.1, 0.15) is 27.7 Å². The Kier molecular flexibility index (Phi) is 3.37. The first-order valence-corrected chi connectivity index (χ1v) is 6.27. The fourth-order valence-electron chi connectivity index (χ4n) is 2.49. The fraction of sp³-hybridized carbons (Fsp3) is 0.375. The van der Waals surface area contributed by atoms with Gasteiger partial charge in [0.05, 0.1) is 0 Å². The molecule has 1 aliphatic carbocycles. The average Bonchev–Trinajstić information content (AvgIpc) is 2.54. The second-order valence-electron chi connectivity index (χ2n) is 4.90. The predicted octanol–water partition coefficient (Wildman–Crippen LogP) is 4.40. The zero-order chi connectivity index (χ0) is 12.4. The smallest absolute Gasteiger partial charge is 0.0371 e. The summed E-state index contributed by atoms with van der Waals surface area (Å²) < 4.78 is 0. The van der Waals surface area contributed by atoms with E-state index in [-0.39, 0.29) is 0 Å². The molecule has 1 unspecified atom stereocenters. The minimum absolute atomic E-state index is 0.589. The van der Waals surface area contributed by atoms with E-state index in [4.69, 9.17) is 0 Å². The van der Waals surface area contributed by atoms with Crippen molar-refractivity contribution in [3.63, 3.8) is 0 Å². The van der Waals surface area contributed by atoms with Crippen molar-refractivity contribution in [2.75, 3.05) is 11.9 Å². The van der Waals surface area contributed by atoms with Crippen LogP contribution < -0.4 is 5.32 Å². The van der Waals surface area contributed by atoms with Gasteiger partial charge in [0, 0.05) is 18.2 Å². The first-order valence-electron chi connectivity index (χ1n) is 6.27. The van der Waals surface area contributed by atoms with Crippen molar-refractivity contribution < 1.29 is 0 Å². The van der Waals surface area contributed by atoms with Gasteiger partial charge in [0.25, 0.3) is 0 Å². The highest BCUT2D eigenvalue weighted by Gasteiger charge is 2.22. The maximum Gasteiger partial charge on any atom is 0.0371 e. The first kappa shape index (κ1) is 12.0. The average molecular weight is 227 g/mol. The number of allylic oxidation sites excluding steroid dienone is 3. The maximum atomic E-state index is 3.50. The van der Waals surface area contributed by atoms with E-state index in [9.17, 15) is 0 Å². The summed E-state index contributed by atoms with van der Waals surface area (Å²) in [5, 5.41) is 3.50. The SMILES string of the molecule is CC1=C(C)C(C)C(CNc2ccccc2)=C1C. The third-order valence-corrected chi connectivity index (χ3v) is 4.06. The van der Waals surface area contributed by atoms with Crippen LogP contribution in [-0.4, -0.2) is 6.54 Å². The summed E-state index contributed by atoms with van der Waals surface area (Å²) in [4.78, 5) is 0. The molecule has 1 nitrogen and oxygen atoms in total. The van der Waals surface area contributed by atoms with E-state index < -0.39 is 0 Å². The summed E-state index contributed by atoms with van der Waals surface area (Å²) >= 11 is 0. The number of rotatable bonds is 3. The van der Waals surface area contributed by atoms with Gasteiger partial charge in [0.1, 0.15) is 0 Å². The van der Waals surface area contributed by atoms with E-state index in [0.717, 1.165) is 6.54 Å². The van der Waals surface area contributed by atoms with Crippen LogP contribution in [0, 0.1) is 5.92 Å². The van der Waals surface area contributed by atoms with E-state index in [1.165, 1.54) is 28.0 Å². The van der Waals surface area contributed by atoms with Crippen molar-refractivity contribution in [1.82, 2.24) is 0 Å². The van der Waals surface area contributed by atoms with Gasteiger partial charge in [-0.2, -0.15) is 0 Å². The van der Waals surface area contributed by atoms with Crippen LogP contribution in [-0.2, 0) is 0 Å². The Morgan fingerprint density at radius 2 is 1.65 bits per heavy atom. The van der Waals surface area contributed by atoms with Crippen molar-refractivity contribution >= 4 is 5.69 Å². The Bertz CT molecular complexity index is 466. The minimum atomic E-state index is 0.589. The van der Waals surface area contributed by atoms with Crippen LogP contribution in [0.25, 0.3) is 0 Å². The van der Waals surface area contributed by atoms with Crippen LogP contribution in [0.15, 0.2) is 52.6 Å². The van der Waals surface area contributed by atoms with E-state index >= 15 is 0 Å². The minimum Gasteiger partial charge on any atom is -0.381 e. The summed E-state index contributed by atoms with van der Waals surface area (Å²) in [5.74, 6) is 0.589. The van der Waals surface area contributed by atoms with Crippen LogP contribution in [0.3, 0.4) is 0 Å². The van der Waals surface area contributed by atoms with Crippen LogP contribution in [0.5, 0.6) is 0 Å². The van der Waals surface area contributed by atoms with E-state index in [2.05, 4.69) is 57.3 Å². The Balaban J connectivity index is 2.07. The lowest BCUT2D eigenvalue weighted by Crippen LogP contribution is -2.10. The number of nitrogens with one attached hydrogen (secondary N) is 1. The molecule has 2 rings (SSSR count). The molecular weight excluding hydrogens is 206 g/mol. The Morgan fingerprint density at radius 3 is 2.18 bits per heavy atom. The molecule has 1 aromatic rings. The number of anilines is 1. The molecule has 17 heavy (non-hydrogen) atoms. The van der Waals surface area contributed by atoms with Gasteiger partial charge >= 0.3 is 0 Å². The molecule has 0 heterocycles. The summed E-state index contributed by atoms with van der Waals surface area (Å²) in [5.41, 5.74) is 7.19. The quantitative estimate of drug-likeness (QED) is 0.807. The molecular formula is C16H21N. The fourth-order valence-corrected chi connectivity index (χ4v) is 2.49. The largest absolute Gasteiger partial charge is 0.381 e. The van der Waals surface area contributed by atoms with Gasteiger partial charge in [-0.1, -0.05) is 30.7 Å². The molecule has 1 aromatic carbocycles. The Hall–Kier alpha value is -1.50. The zero-order valence-electron chi connectivity index (χ0n) is 11.2. The van der Waals surface area contributed by atoms with Gasteiger partial charge in [-0.05, 0) is 49.6 Å². The van der Waals surface area contributed by atoms with Crippen molar-refractivity contribution in [2.24, 2.45) is 5.92 Å². The number of hydrogen-bond donors (Lipinski definition) is 1. The predicted molar refractivity (Wildman–Crippen MR) is 75.2 cm³/mol. The number of para-hydroxylation sites is 1. The molecule has 0 saturated carbocycles. The van der Waals surface area contributed by atoms with Gasteiger partial charge < -0.3 is 5.32 Å². The summed E-state index contributed by atoms with van der Waals surface area (Å²) in [7, 11) is 0. The standard InChI is InChI=1S/C16H21N/c1-11-12(2)14(4)16(13(11)3)10-17-15-8-6-5-7-9-15/h5-9,13,17H,10H2,1-4H3. The molecule has 1 heteroatoms. The normalized spacial score (nSPS) is 20.1. The van der Waals surface area contributed by atoms with E-state index in [1.807, 2.05) is 6.07 Å². The highest BCUT2D eigenvalue weighted by atomic mass is 14.9. The van der Waals surface area contributed by atoms with Crippen LogP contribution in [0.2, 0.25) is 0 Å². The Labute approximate surface area is 104 Å².